The van der Waals surface area contributed by atoms with Gasteiger partial charge < -0.3 is 18.9 Å². The minimum absolute atomic E-state index is 0.593. The van der Waals surface area contributed by atoms with Crippen molar-refractivity contribution >= 4 is 0 Å². The monoisotopic (exact) mass is 482 g/mol. The van der Waals surface area contributed by atoms with E-state index in [0.29, 0.717) is 0 Å². The molecule has 4 heteroatoms. The first kappa shape index (κ1) is 33.3. The number of rotatable bonds is 26. The summed E-state index contributed by atoms with van der Waals surface area (Å²) in [5, 5.41) is 0. The van der Waals surface area contributed by atoms with Crippen LogP contribution < -0.4 is 0 Å². The third-order valence-electron chi connectivity index (χ3n) is 7.45. The Kier molecular flexibility index (Phi) is 21.2. The smallest absolute Gasteiger partial charge is 0.186 e. The van der Waals surface area contributed by atoms with Gasteiger partial charge in [-0.25, -0.2) is 0 Å². The van der Waals surface area contributed by atoms with E-state index in [1.807, 2.05) is 0 Å². The van der Waals surface area contributed by atoms with Crippen LogP contribution in [0.15, 0.2) is 25.3 Å². The fraction of sp³-hybridized carbons (Fsp3) is 0.867. The summed E-state index contributed by atoms with van der Waals surface area (Å²) >= 11 is 0. The first-order chi connectivity index (χ1) is 16.5. The van der Waals surface area contributed by atoms with Crippen molar-refractivity contribution in [3.8, 4) is 0 Å². The fourth-order valence-electron chi connectivity index (χ4n) is 4.75. The Hall–Kier alpha value is -0.680. The lowest BCUT2D eigenvalue weighted by molar-refractivity contribution is -0.174. The predicted octanol–water partition coefficient (Wildman–Crippen LogP) is 8.99. The Morgan fingerprint density at radius 2 is 0.765 bits per heavy atom. The van der Waals surface area contributed by atoms with E-state index in [1.54, 1.807) is 40.6 Å². The second-order valence-corrected chi connectivity index (χ2v) is 9.98. The molecule has 0 unspecified atom stereocenters. The quantitative estimate of drug-likeness (QED) is 0.0700. The van der Waals surface area contributed by atoms with Gasteiger partial charge >= 0.3 is 0 Å². The molecule has 0 aromatic carbocycles. The maximum atomic E-state index is 5.45. The highest BCUT2D eigenvalue weighted by Crippen LogP contribution is 2.24. The molecule has 0 aliphatic heterocycles. The maximum absolute atomic E-state index is 5.45. The van der Waals surface area contributed by atoms with Crippen LogP contribution in [-0.2, 0) is 18.9 Å². The summed E-state index contributed by atoms with van der Waals surface area (Å²) in [6.07, 6.45) is 26.5. The van der Waals surface area contributed by atoms with Crippen molar-refractivity contribution in [3.63, 3.8) is 0 Å². The highest BCUT2D eigenvalue weighted by molar-refractivity contribution is 4.89. The van der Waals surface area contributed by atoms with E-state index < -0.39 is 11.6 Å². The van der Waals surface area contributed by atoms with E-state index in [9.17, 15) is 0 Å². The zero-order chi connectivity index (χ0) is 25.5. The molecule has 0 heterocycles. The van der Waals surface area contributed by atoms with Crippen molar-refractivity contribution in [2.45, 2.75) is 134 Å². The van der Waals surface area contributed by atoms with E-state index in [1.165, 1.54) is 89.9 Å². The molecule has 0 aliphatic carbocycles. The Morgan fingerprint density at radius 1 is 0.500 bits per heavy atom. The van der Waals surface area contributed by atoms with Crippen LogP contribution in [-0.4, -0.2) is 40.0 Å². The van der Waals surface area contributed by atoms with Crippen LogP contribution in [0.5, 0.6) is 0 Å². The summed E-state index contributed by atoms with van der Waals surface area (Å²) in [4.78, 5) is 0. The highest BCUT2D eigenvalue weighted by atomic mass is 16.7. The molecule has 0 fully saturated rings. The number of methoxy groups -OCH3 is 4. The van der Waals surface area contributed by atoms with Gasteiger partial charge in [0.1, 0.15) is 0 Å². The molecule has 0 N–H and O–H groups in total. The van der Waals surface area contributed by atoms with Gasteiger partial charge in [-0.15, -0.1) is 0 Å². The van der Waals surface area contributed by atoms with Crippen molar-refractivity contribution in [1.29, 1.82) is 0 Å². The second kappa shape index (κ2) is 21.6. The lowest BCUT2D eigenvalue weighted by Gasteiger charge is -2.27. The van der Waals surface area contributed by atoms with Crippen molar-refractivity contribution in [1.82, 2.24) is 0 Å². The molecular formula is C30H58O4. The van der Waals surface area contributed by atoms with Gasteiger partial charge in [0, 0.05) is 41.3 Å². The average Bonchev–Trinajstić information content (AvgIpc) is 2.87. The third-order valence-corrected chi connectivity index (χ3v) is 7.45. The summed E-state index contributed by atoms with van der Waals surface area (Å²) in [5.41, 5.74) is 0. The van der Waals surface area contributed by atoms with Gasteiger partial charge in [0.15, 0.2) is 11.6 Å². The van der Waals surface area contributed by atoms with E-state index >= 15 is 0 Å². The minimum Gasteiger partial charge on any atom is -0.350 e. The zero-order valence-electron chi connectivity index (χ0n) is 23.5. The summed E-state index contributed by atoms with van der Waals surface area (Å²) < 4.78 is 21.8. The minimum atomic E-state index is -0.593. The van der Waals surface area contributed by atoms with E-state index in [-0.39, 0.29) is 0 Å². The molecule has 34 heavy (non-hydrogen) atoms. The molecule has 0 rings (SSSR count). The van der Waals surface area contributed by atoms with Crippen LogP contribution in [0, 0.1) is 5.92 Å². The molecular weight excluding hydrogens is 424 g/mol. The third kappa shape index (κ3) is 15.3. The van der Waals surface area contributed by atoms with Crippen molar-refractivity contribution in [2.75, 3.05) is 28.4 Å². The van der Waals surface area contributed by atoms with Crippen molar-refractivity contribution in [3.05, 3.63) is 25.3 Å². The number of hydrogen-bond acceptors (Lipinski definition) is 4. The van der Waals surface area contributed by atoms with Crippen LogP contribution in [0.4, 0.5) is 0 Å². The summed E-state index contributed by atoms with van der Waals surface area (Å²) in [5.74, 6) is -0.307. The van der Waals surface area contributed by atoms with E-state index in [2.05, 4.69) is 20.1 Å². The van der Waals surface area contributed by atoms with Crippen LogP contribution in [0.3, 0.4) is 0 Å². The van der Waals surface area contributed by atoms with Gasteiger partial charge in [-0.3, -0.25) is 0 Å². The largest absolute Gasteiger partial charge is 0.350 e. The molecule has 0 radical (unpaired) electrons. The van der Waals surface area contributed by atoms with Crippen LogP contribution >= 0.6 is 0 Å². The summed E-state index contributed by atoms with van der Waals surface area (Å²) in [6, 6.07) is 0. The molecule has 0 aliphatic rings. The molecule has 0 bridgehead atoms. The number of unbranched alkanes of at least 4 members (excludes halogenated alkanes) is 12. The second-order valence-electron chi connectivity index (χ2n) is 9.98. The van der Waals surface area contributed by atoms with Gasteiger partial charge in [0.2, 0.25) is 0 Å². The molecule has 0 saturated heterocycles. The van der Waals surface area contributed by atoms with Crippen LogP contribution in [0.1, 0.15) is 122 Å². The van der Waals surface area contributed by atoms with Crippen molar-refractivity contribution in [2.24, 2.45) is 5.92 Å². The molecule has 4 nitrogen and oxygen atoms in total. The fourth-order valence-corrected chi connectivity index (χ4v) is 4.75. The van der Waals surface area contributed by atoms with Gasteiger partial charge in [-0.05, 0) is 30.9 Å². The Balaban J connectivity index is 3.48. The normalized spacial score (nSPS) is 12.4. The van der Waals surface area contributed by atoms with E-state index in [4.69, 9.17) is 18.9 Å². The Morgan fingerprint density at radius 3 is 1.03 bits per heavy atom. The molecule has 0 aromatic rings. The lowest BCUT2D eigenvalue weighted by Crippen LogP contribution is -2.30. The first-order valence-corrected chi connectivity index (χ1v) is 13.9. The summed E-state index contributed by atoms with van der Waals surface area (Å²) in [7, 11) is 6.76. The Bertz CT molecular complexity index is 426. The van der Waals surface area contributed by atoms with Gasteiger partial charge in [0.05, 0.1) is 0 Å². The maximum Gasteiger partial charge on any atom is 0.186 e. The average molecular weight is 483 g/mol. The lowest BCUT2D eigenvalue weighted by atomic mass is 9.95. The zero-order valence-corrected chi connectivity index (χ0v) is 23.5. The molecule has 0 saturated carbocycles. The van der Waals surface area contributed by atoms with Gasteiger partial charge in [-0.2, -0.15) is 0 Å². The SMILES string of the molecule is C=CC(CCCCCCCCCC(C)CCCCCCCCCC(C=C)(OC)OC)(OC)OC. The first-order valence-electron chi connectivity index (χ1n) is 13.9. The van der Waals surface area contributed by atoms with Crippen LogP contribution in [0.2, 0.25) is 0 Å². The predicted molar refractivity (Wildman–Crippen MR) is 146 cm³/mol. The number of ether oxygens (including phenoxy) is 4. The molecule has 0 aromatic heterocycles. The molecule has 0 atom stereocenters. The van der Waals surface area contributed by atoms with Gasteiger partial charge in [0.25, 0.3) is 0 Å². The van der Waals surface area contributed by atoms with Gasteiger partial charge in [-0.1, -0.05) is 110 Å². The number of hydrogen-bond donors (Lipinski definition) is 0. The summed E-state index contributed by atoms with van der Waals surface area (Å²) in [6.45, 7) is 10.1. The Labute approximate surface area is 212 Å². The molecule has 0 spiro atoms. The van der Waals surface area contributed by atoms with Crippen LogP contribution in [0.25, 0.3) is 0 Å². The topological polar surface area (TPSA) is 36.9 Å². The molecule has 0 amide bonds. The molecule has 202 valence electrons. The highest BCUT2D eigenvalue weighted by Gasteiger charge is 2.24. The standard InChI is InChI=1S/C30H58O4/c1-8-29(31-4,32-5)26-22-18-14-10-12-16-20-24-28(3)25-21-17-13-11-15-19-23-27-30(9-2,33-6)34-7/h8-9,28H,1-2,10-27H2,3-7H3. The van der Waals surface area contributed by atoms with E-state index in [0.717, 1.165) is 31.6 Å². The van der Waals surface area contributed by atoms with Crippen molar-refractivity contribution < 1.29 is 18.9 Å².